The summed E-state index contributed by atoms with van der Waals surface area (Å²) in [6, 6.07) is 9.97. The van der Waals surface area contributed by atoms with Gasteiger partial charge in [-0.05, 0) is 42.1 Å². The van der Waals surface area contributed by atoms with Crippen LogP contribution >= 0.6 is 27.3 Å². The Kier molecular flexibility index (Phi) is 5.18. The predicted molar refractivity (Wildman–Crippen MR) is 97.7 cm³/mol. The van der Waals surface area contributed by atoms with Crippen LogP contribution in [0.25, 0.3) is 6.08 Å². The number of ether oxygens (including phenoxy) is 1. The number of halogens is 1. The van der Waals surface area contributed by atoms with Crippen LogP contribution in [0.2, 0.25) is 0 Å². The zero-order valence-corrected chi connectivity index (χ0v) is 15.2. The maximum absolute atomic E-state index is 12.6. The van der Waals surface area contributed by atoms with E-state index in [4.69, 9.17) is 4.74 Å². The van der Waals surface area contributed by atoms with E-state index in [0.29, 0.717) is 12.2 Å². The highest BCUT2D eigenvalue weighted by atomic mass is 79.9. The molecule has 0 spiro atoms. The number of thiophene rings is 1. The van der Waals surface area contributed by atoms with Gasteiger partial charge >= 0.3 is 0 Å². The van der Waals surface area contributed by atoms with Crippen LogP contribution in [0.15, 0.2) is 45.8 Å². The Balaban J connectivity index is 1.77. The molecule has 0 saturated heterocycles. The molecule has 23 heavy (non-hydrogen) atoms. The smallest absolute Gasteiger partial charge is 0.251 e. The normalized spacial score (nSPS) is 14.4. The second-order valence-corrected chi connectivity index (χ2v) is 7.37. The van der Waals surface area contributed by atoms with E-state index in [1.165, 1.54) is 4.88 Å². The number of fused-ring (bicyclic) bond motifs is 1. The highest BCUT2D eigenvalue weighted by molar-refractivity contribution is 9.10. The van der Waals surface area contributed by atoms with E-state index in [1.807, 2.05) is 35.7 Å². The third-order valence-electron chi connectivity index (χ3n) is 3.75. The summed E-state index contributed by atoms with van der Waals surface area (Å²) in [5, 5.41) is 5.19. The topological polar surface area (TPSA) is 38.3 Å². The second-order valence-electron chi connectivity index (χ2n) is 5.47. The van der Waals surface area contributed by atoms with E-state index in [2.05, 4.69) is 34.2 Å². The van der Waals surface area contributed by atoms with E-state index >= 15 is 0 Å². The largest absolute Gasteiger partial charge is 0.488 e. The Hall–Kier alpha value is -1.59. The van der Waals surface area contributed by atoms with Gasteiger partial charge in [0.1, 0.15) is 12.4 Å². The first-order valence-corrected chi connectivity index (χ1v) is 9.32. The number of amides is 1. The monoisotopic (exact) mass is 391 g/mol. The van der Waals surface area contributed by atoms with Gasteiger partial charge in [0.05, 0.1) is 11.6 Å². The van der Waals surface area contributed by atoms with E-state index in [9.17, 15) is 4.79 Å². The molecule has 1 aromatic carbocycles. The van der Waals surface area contributed by atoms with Gasteiger partial charge in [-0.25, -0.2) is 0 Å². The summed E-state index contributed by atoms with van der Waals surface area (Å²) in [7, 11) is 0. The average molecular weight is 392 g/mol. The third-order valence-corrected chi connectivity index (χ3v) is 5.22. The number of carbonyl (C=O) groups excluding carboxylic acids is 1. The summed E-state index contributed by atoms with van der Waals surface area (Å²) in [6.07, 6.45) is 3.87. The molecule has 1 N–H and O–H groups in total. The van der Waals surface area contributed by atoms with Gasteiger partial charge in [0.2, 0.25) is 0 Å². The van der Waals surface area contributed by atoms with E-state index in [-0.39, 0.29) is 11.9 Å². The average Bonchev–Trinajstić information content (AvgIpc) is 3.08. The van der Waals surface area contributed by atoms with Crippen LogP contribution in [0.1, 0.15) is 36.2 Å². The second kappa shape index (κ2) is 7.32. The van der Waals surface area contributed by atoms with Gasteiger partial charge in [-0.15, -0.1) is 11.3 Å². The van der Waals surface area contributed by atoms with Crippen LogP contribution < -0.4 is 10.1 Å². The maximum atomic E-state index is 12.6. The third kappa shape index (κ3) is 3.85. The molecule has 1 aliphatic rings. The Morgan fingerprint density at radius 1 is 1.43 bits per heavy atom. The first-order valence-electron chi connectivity index (χ1n) is 7.64. The minimum Gasteiger partial charge on any atom is -0.488 e. The summed E-state index contributed by atoms with van der Waals surface area (Å²) in [5.74, 6) is 0.760. The van der Waals surface area contributed by atoms with Crippen LogP contribution in [-0.4, -0.2) is 12.5 Å². The van der Waals surface area contributed by atoms with Gasteiger partial charge in [0.25, 0.3) is 5.91 Å². The van der Waals surface area contributed by atoms with Gasteiger partial charge < -0.3 is 10.1 Å². The molecule has 0 saturated carbocycles. The Bertz CT molecular complexity index is 725. The van der Waals surface area contributed by atoms with Crippen LogP contribution in [0.5, 0.6) is 5.75 Å². The van der Waals surface area contributed by atoms with E-state index in [0.717, 1.165) is 28.6 Å². The lowest BCUT2D eigenvalue weighted by molar-refractivity contribution is -0.118. The van der Waals surface area contributed by atoms with E-state index in [1.54, 1.807) is 11.3 Å². The molecule has 1 aromatic heterocycles. The number of benzene rings is 1. The molecule has 3 nitrogen and oxygen atoms in total. The number of hydrogen-bond acceptors (Lipinski definition) is 3. The number of rotatable bonds is 5. The molecule has 1 unspecified atom stereocenters. The van der Waals surface area contributed by atoms with Gasteiger partial charge in [-0.3, -0.25) is 4.79 Å². The van der Waals surface area contributed by atoms with Crippen molar-refractivity contribution in [3.8, 4) is 5.75 Å². The fourth-order valence-electron chi connectivity index (χ4n) is 2.59. The van der Waals surface area contributed by atoms with Crippen molar-refractivity contribution in [3.05, 3.63) is 56.2 Å². The fourth-order valence-corrected chi connectivity index (χ4v) is 3.79. The summed E-state index contributed by atoms with van der Waals surface area (Å²) in [5.41, 5.74) is 1.59. The van der Waals surface area contributed by atoms with Crippen LogP contribution in [-0.2, 0) is 4.79 Å². The number of nitrogens with one attached hydrogen (secondary N) is 1. The first-order chi connectivity index (χ1) is 11.2. The Morgan fingerprint density at radius 3 is 3.04 bits per heavy atom. The summed E-state index contributed by atoms with van der Waals surface area (Å²) >= 11 is 5.13. The van der Waals surface area contributed by atoms with E-state index < -0.39 is 0 Å². The van der Waals surface area contributed by atoms with Crippen LogP contribution in [0.4, 0.5) is 0 Å². The quantitative estimate of drug-likeness (QED) is 0.783. The van der Waals surface area contributed by atoms with Crippen molar-refractivity contribution in [2.24, 2.45) is 0 Å². The van der Waals surface area contributed by atoms with Crippen molar-refractivity contribution in [2.75, 3.05) is 6.61 Å². The molecule has 0 bridgehead atoms. The van der Waals surface area contributed by atoms with Crippen molar-refractivity contribution in [1.29, 1.82) is 0 Å². The Labute approximate surface area is 148 Å². The lowest BCUT2D eigenvalue weighted by Crippen LogP contribution is -2.31. The molecule has 2 aromatic rings. The minimum atomic E-state index is -0.0533. The van der Waals surface area contributed by atoms with Gasteiger partial charge in [0, 0.05) is 14.9 Å². The highest BCUT2D eigenvalue weighted by Gasteiger charge is 2.21. The summed E-state index contributed by atoms with van der Waals surface area (Å²) in [4.78, 5) is 13.8. The molecule has 5 heteroatoms. The lowest BCUT2D eigenvalue weighted by atomic mass is 10.1. The van der Waals surface area contributed by atoms with Crippen LogP contribution in [0, 0.1) is 0 Å². The van der Waals surface area contributed by atoms with Crippen LogP contribution in [0.3, 0.4) is 0 Å². The van der Waals surface area contributed by atoms with Gasteiger partial charge in [0.15, 0.2) is 0 Å². The zero-order valence-electron chi connectivity index (χ0n) is 12.8. The predicted octanol–water partition coefficient (Wildman–Crippen LogP) is 4.94. The molecule has 1 atom stereocenters. The molecule has 1 amide bonds. The molecule has 1 aliphatic heterocycles. The van der Waals surface area contributed by atoms with Gasteiger partial charge in [-0.1, -0.05) is 35.3 Å². The molecule has 0 aliphatic carbocycles. The van der Waals surface area contributed by atoms with Gasteiger partial charge in [-0.2, -0.15) is 0 Å². The van der Waals surface area contributed by atoms with Crippen molar-refractivity contribution in [3.63, 3.8) is 0 Å². The summed E-state index contributed by atoms with van der Waals surface area (Å²) in [6.45, 7) is 2.44. The molecular formula is C18H18BrNO2S. The Morgan fingerprint density at radius 2 is 2.30 bits per heavy atom. The molecular weight excluding hydrogens is 374 g/mol. The zero-order chi connectivity index (χ0) is 16.2. The molecule has 3 rings (SSSR count). The lowest BCUT2D eigenvalue weighted by Gasteiger charge is -2.21. The van der Waals surface area contributed by atoms with Crippen molar-refractivity contribution in [1.82, 2.24) is 5.32 Å². The standard InChI is InChI=1S/C18H18BrNO2S/c1-2-4-15(17-5-3-8-23-17)20-18(21)13-9-12-10-14(19)6-7-16(12)22-11-13/h3,5-10,15H,2,4,11H2,1H3,(H,20,21). The fraction of sp³-hybridized carbons (Fsp3) is 0.278. The molecule has 0 radical (unpaired) electrons. The van der Waals surface area contributed by atoms with Crippen molar-refractivity contribution >= 4 is 39.2 Å². The summed E-state index contributed by atoms with van der Waals surface area (Å²) < 4.78 is 6.67. The first kappa shape index (κ1) is 16.3. The number of carbonyl (C=O) groups is 1. The molecule has 2 heterocycles. The molecule has 0 fully saturated rings. The minimum absolute atomic E-state index is 0.0533. The number of hydrogen-bond donors (Lipinski definition) is 1. The maximum Gasteiger partial charge on any atom is 0.251 e. The molecule has 120 valence electrons. The highest BCUT2D eigenvalue weighted by Crippen LogP contribution is 2.30. The SMILES string of the molecule is CCCC(NC(=O)C1=Cc2cc(Br)ccc2OC1)c1cccs1. The van der Waals surface area contributed by atoms with Crippen molar-refractivity contribution < 1.29 is 9.53 Å². The van der Waals surface area contributed by atoms with Crippen molar-refractivity contribution in [2.45, 2.75) is 25.8 Å².